The first-order valence-corrected chi connectivity index (χ1v) is 10.7. The lowest BCUT2D eigenvalue weighted by atomic mass is 10.1. The summed E-state index contributed by atoms with van der Waals surface area (Å²) >= 11 is 0.884. The molecule has 3 aromatic carbocycles. The van der Waals surface area contributed by atoms with Crippen molar-refractivity contribution in [2.24, 2.45) is 0 Å². The summed E-state index contributed by atoms with van der Waals surface area (Å²) in [7, 11) is 1.51. The lowest BCUT2D eigenvalue weighted by molar-refractivity contribution is -0.113. The Hall–Kier alpha value is -4.04. The maximum Gasteiger partial charge on any atom is 0.335 e. The summed E-state index contributed by atoms with van der Waals surface area (Å²) in [6.07, 6.45) is 1.64. The molecule has 1 fully saturated rings. The number of imide groups is 1. The van der Waals surface area contributed by atoms with E-state index < -0.39 is 5.97 Å². The smallest absolute Gasteiger partial charge is 0.335 e. The highest BCUT2D eigenvalue weighted by Gasteiger charge is 2.36. The zero-order chi connectivity index (χ0) is 23.4. The largest absolute Gasteiger partial charge is 0.493 e. The maximum absolute atomic E-state index is 12.8. The van der Waals surface area contributed by atoms with Gasteiger partial charge in [0, 0.05) is 0 Å². The van der Waals surface area contributed by atoms with Crippen molar-refractivity contribution in [2.45, 2.75) is 6.61 Å². The fourth-order valence-electron chi connectivity index (χ4n) is 3.22. The summed E-state index contributed by atoms with van der Waals surface area (Å²) in [5, 5.41) is 8.64. The van der Waals surface area contributed by atoms with Crippen LogP contribution >= 0.6 is 11.8 Å². The Bertz CT molecular complexity index is 1240. The molecule has 2 amide bonds. The summed E-state index contributed by atoms with van der Waals surface area (Å²) in [6, 6.07) is 20.4. The Balaban J connectivity index is 1.49. The Morgan fingerprint density at radius 3 is 2.39 bits per heavy atom. The monoisotopic (exact) mass is 461 g/mol. The van der Waals surface area contributed by atoms with Crippen LogP contribution in [-0.4, -0.2) is 29.3 Å². The van der Waals surface area contributed by atoms with Crippen LogP contribution in [0.2, 0.25) is 0 Å². The molecule has 8 heteroatoms. The predicted octanol–water partition coefficient (Wildman–Crippen LogP) is 5.21. The fourth-order valence-corrected chi connectivity index (χ4v) is 4.06. The number of carbonyl (C=O) groups excluding carboxylic acids is 2. The van der Waals surface area contributed by atoms with Crippen LogP contribution in [0.15, 0.2) is 77.7 Å². The highest BCUT2D eigenvalue weighted by Crippen LogP contribution is 2.37. The molecule has 1 N–H and O–H groups in total. The molecule has 0 aliphatic carbocycles. The van der Waals surface area contributed by atoms with Gasteiger partial charge in [-0.05, 0) is 65.4 Å². The number of anilines is 1. The minimum Gasteiger partial charge on any atom is -0.493 e. The second-order valence-electron chi connectivity index (χ2n) is 7.05. The third-order valence-electron chi connectivity index (χ3n) is 4.89. The topological polar surface area (TPSA) is 93.1 Å². The van der Waals surface area contributed by atoms with E-state index in [2.05, 4.69) is 0 Å². The van der Waals surface area contributed by atoms with Crippen molar-refractivity contribution in [2.75, 3.05) is 12.0 Å². The normalized spacial score (nSPS) is 14.6. The number of carboxylic acids is 1. The van der Waals surface area contributed by atoms with Crippen LogP contribution < -0.4 is 14.4 Å². The van der Waals surface area contributed by atoms with Crippen LogP contribution in [0, 0.1) is 0 Å². The van der Waals surface area contributed by atoms with Crippen molar-refractivity contribution in [3.63, 3.8) is 0 Å². The molecule has 33 heavy (non-hydrogen) atoms. The molecule has 1 aliphatic rings. The van der Waals surface area contributed by atoms with E-state index in [1.54, 1.807) is 60.7 Å². The molecule has 7 nitrogen and oxygen atoms in total. The van der Waals surface area contributed by atoms with E-state index in [0.29, 0.717) is 27.7 Å². The minimum absolute atomic E-state index is 0.206. The summed E-state index contributed by atoms with van der Waals surface area (Å²) in [5.41, 5.74) is 2.22. The van der Waals surface area contributed by atoms with Gasteiger partial charge in [-0.3, -0.25) is 9.59 Å². The zero-order valence-corrected chi connectivity index (χ0v) is 18.4. The molecule has 1 aliphatic heterocycles. The van der Waals surface area contributed by atoms with Gasteiger partial charge in [-0.15, -0.1) is 0 Å². The Kier molecular flexibility index (Phi) is 6.46. The van der Waals surface area contributed by atoms with Crippen molar-refractivity contribution in [3.8, 4) is 11.5 Å². The molecule has 0 spiro atoms. The van der Waals surface area contributed by atoms with Crippen molar-refractivity contribution < 1.29 is 29.0 Å². The van der Waals surface area contributed by atoms with Crippen molar-refractivity contribution >= 4 is 40.6 Å². The van der Waals surface area contributed by atoms with Gasteiger partial charge in [0.05, 0.1) is 23.3 Å². The number of methoxy groups -OCH3 is 1. The van der Waals surface area contributed by atoms with E-state index in [0.717, 1.165) is 22.2 Å². The predicted molar refractivity (Wildman–Crippen MR) is 126 cm³/mol. The molecule has 0 unspecified atom stereocenters. The Morgan fingerprint density at radius 2 is 1.73 bits per heavy atom. The first-order valence-electron chi connectivity index (χ1n) is 9.92. The van der Waals surface area contributed by atoms with E-state index in [4.69, 9.17) is 14.6 Å². The number of carbonyl (C=O) groups is 3. The standard InChI is InChI=1S/C25H19NO6S/c1-31-21-13-17(9-12-20(21)32-15-16-7-10-18(11-8-16)24(28)29)14-22-23(27)26(25(30)33-22)19-5-3-2-4-6-19/h2-14H,15H2,1H3,(H,28,29). The van der Waals surface area contributed by atoms with Crippen LogP contribution in [0.4, 0.5) is 10.5 Å². The SMILES string of the molecule is COc1cc(C=C2SC(=O)N(c3ccccc3)C2=O)ccc1OCc1ccc(C(=O)O)cc1. The van der Waals surface area contributed by atoms with Gasteiger partial charge < -0.3 is 14.6 Å². The summed E-state index contributed by atoms with van der Waals surface area (Å²) < 4.78 is 11.3. The molecular formula is C25H19NO6S. The number of ether oxygens (including phenoxy) is 2. The summed E-state index contributed by atoms with van der Waals surface area (Å²) in [4.78, 5) is 37.6. The number of aromatic carboxylic acids is 1. The number of carboxylic acid groups (broad SMARTS) is 1. The Morgan fingerprint density at radius 1 is 1.00 bits per heavy atom. The van der Waals surface area contributed by atoms with Gasteiger partial charge in [-0.2, -0.15) is 0 Å². The number of amides is 2. The average molecular weight is 461 g/mol. The number of nitrogens with zero attached hydrogens (tertiary/aromatic N) is 1. The first kappa shape index (κ1) is 22.2. The highest BCUT2D eigenvalue weighted by molar-refractivity contribution is 8.19. The van der Waals surface area contributed by atoms with Gasteiger partial charge in [-0.25, -0.2) is 9.69 Å². The van der Waals surface area contributed by atoms with Crippen molar-refractivity contribution in [1.29, 1.82) is 0 Å². The molecule has 166 valence electrons. The van der Waals surface area contributed by atoms with Gasteiger partial charge in [0.25, 0.3) is 11.1 Å². The number of rotatable bonds is 7. The van der Waals surface area contributed by atoms with Crippen LogP contribution in [0.1, 0.15) is 21.5 Å². The molecule has 0 bridgehead atoms. The maximum atomic E-state index is 12.8. The van der Waals surface area contributed by atoms with Gasteiger partial charge in [0.1, 0.15) is 6.61 Å². The fraction of sp³-hybridized carbons (Fsp3) is 0.0800. The lowest BCUT2D eigenvalue weighted by Crippen LogP contribution is -2.27. The molecule has 0 atom stereocenters. The third kappa shape index (κ3) is 4.91. The van der Waals surface area contributed by atoms with E-state index in [-0.39, 0.29) is 23.3 Å². The van der Waals surface area contributed by atoms with Crippen LogP contribution in [-0.2, 0) is 11.4 Å². The number of benzene rings is 3. The summed E-state index contributed by atoms with van der Waals surface area (Å²) in [6.45, 7) is 0.228. The number of hydrogen-bond acceptors (Lipinski definition) is 6. The van der Waals surface area contributed by atoms with Crippen molar-refractivity contribution in [1.82, 2.24) is 0 Å². The van der Waals surface area contributed by atoms with E-state index in [9.17, 15) is 14.4 Å². The second kappa shape index (κ2) is 9.62. The lowest BCUT2D eigenvalue weighted by Gasteiger charge is -2.12. The van der Waals surface area contributed by atoms with Crippen LogP contribution in [0.25, 0.3) is 6.08 Å². The highest BCUT2D eigenvalue weighted by atomic mass is 32.2. The van der Waals surface area contributed by atoms with Gasteiger partial charge >= 0.3 is 5.97 Å². The van der Waals surface area contributed by atoms with Gasteiger partial charge in [0.2, 0.25) is 0 Å². The van der Waals surface area contributed by atoms with E-state index >= 15 is 0 Å². The quantitative estimate of drug-likeness (QED) is 0.483. The molecule has 0 saturated carbocycles. The van der Waals surface area contributed by atoms with E-state index in [1.165, 1.54) is 19.2 Å². The molecule has 0 radical (unpaired) electrons. The Labute approximate surface area is 194 Å². The minimum atomic E-state index is -0.985. The molecule has 3 aromatic rings. The van der Waals surface area contributed by atoms with Gasteiger partial charge in [-0.1, -0.05) is 36.4 Å². The molecule has 4 rings (SSSR count). The van der Waals surface area contributed by atoms with Crippen molar-refractivity contribution in [3.05, 3.63) is 94.4 Å². The summed E-state index contributed by atoms with van der Waals surface area (Å²) in [5.74, 6) is -0.399. The van der Waals surface area contributed by atoms with E-state index in [1.807, 2.05) is 6.07 Å². The number of hydrogen-bond donors (Lipinski definition) is 1. The zero-order valence-electron chi connectivity index (χ0n) is 17.6. The van der Waals surface area contributed by atoms with Gasteiger partial charge in [0.15, 0.2) is 11.5 Å². The molecule has 1 saturated heterocycles. The average Bonchev–Trinajstić information content (AvgIpc) is 3.11. The molecular weight excluding hydrogens is 442 g/mol. The number of para-hydroxylation sites is 1. The third-order valence-corrected chi connectivity index (χ3v) is 5.76. The number of thioether (sulfide) groups is 1. The molecule has 1 heterocycles. The van der Waals surface area contributed by atoms with Crippen LogP contribution in [0.3, 0.4) is 0 Å². The molecule has 0 aromatic heterocycles. The first-order chi connectivity index (χ1) is 16.0. The second-order valence-corrected chi connectivity index (χ2v) is 8.05. The van der Waals surface area contributed by atoms with Crippen LogP contribution in [0.5, 0.6) is 11.5 Å².